The maximum atomic E-state index is 13.4. The van der Waals surface area contributed by atoms with Gasteiger partial charge >= 0.3 is 0 Å². The lowest BCUT2D eigenvalue weighted by atomic mass is 10.2. The first kappa shape index (κ1) is 14.8. The Balaban J connectivity index is 2.08. The quantitative estimate of drug-likeness (QED) is 0.555. The van der Waals surface area contributed by atoms with Crippen LogP contribution in [0.1, 0.15) is 10.4 Å². The lowest BCUT2D eigenvalue weighted by molar-refractivity contribution is 0.102. The highest BCUT2D eigenvalue weighted by atomic mass is 35.5. The average molecular weight is 339 g/mol. The molecule has 0 fully saturated rings. The van der Waals surface area contributed by atoms with Crippen LogP contribution in [0, 0.1) is 11.6 Å². The molecule has 0 aliphatic carbocycles. The van der Waals surface area contributed by atoms with E-state index in [9.17, 15) is 13.6 Å². The predicted octanol–water partition coefficient (Wildman–Crippen LogP) is 5.31. The van der Waals surface area contributed by atoms with Crippen LogP contribution < -0.4 is 0 Å². The van der Waals surface area contributed by atoms with Gasteiger partial charge in [-0.05, 0) is 24.3 Å². The molecule has 7 heteroatoms. The van der Waals surface area contributed by atoms with Crippen molar-refractivity contribution >= 4 is 52.1 Å². The molecule has 1 heterocycles. The third-order valence-corrected chi connectivity index (χ3v) is 4.73. The lowest BCUT2D eigenvalue weighted by Gasteiger charge is -2.02. The Morgan fingerprint density at radius 3 is 2.63 bits per heavy atom. The highest BCUT2D eigenvalue weighted by Crippen LogP contribution is 2.32. The second kappa shape index (κ2) is 6.22. The molecule has 0 atom stereocenters. The number of Topliss-reactive ketones (excluding diaryl/α,β-unsaturated/α-hetero) is 1. The summed E-state index contributed by atoms with van der Waals surface area (Å²) in [6.45, 7) is 0. The van der Waals surface area contributed by atoms with E-state index in [4.69, 9.17) is 23.2 Å². The summed E-state index contributed by atoms with van der Waals surface area (Å²) in [7, 11) is 0. The molecular weight excluding hydrogens is 333 g/mol. The second-order valence-electron chi connectivity index (χ2n) is 3.52. The summed E-state index contributed by atoms with van der Waals surface area (Å²) in [4.78, 5) is 12.0. The van der Waals surface area contributed by atoms with Crippen molar-refractivity contribution in [2.24, 2.45) is 0 Å². The van der Waals surface area contributed by atoms with Crippen LogP contribution in [0.2, 0.25) is 8.67 Å². The van der Waals surface area contributed by atoms with Gasteiger partial charge in [0.05, 0.1) is 10.1 Å². The SMILES string of the molecule is O=C(CSc1cc(F)ccc1F)c1cc(Cl)sc1Cl. The number of ketones is 1. The molecule has 2 rings (SSSR count). The molecule has 100 valence electrons. The van der Waals surface area contributed by atoms with Gasteiger partial charge in [0.1, 0.15) is 16.0 Å². The van der Waals surface area contributed by atoms with Gasteiger partial charge in [0.2, 0.25) is 0 Å². The van der Waals surface area contributed by atoms with Crippen LogP contribution in [0.3, 0.4) is 0 Å². The van der Waals surface area contributed by atoms with Crippen molar-refractivity contribution in [1.82, 2.24) is 0 Å². The van der Waals surface area contributed by atoms with Gasteiger partial charge in [0, 0.05) is 10.5 Å². The molecule has 0 radical (unpaired) electrons. The Bertz CT molecular complexity index is 628. The van der Waals surface area contributed by atoms with Crippen molar-refractivity contribution in [3.05, 3.63) is 50.1 Å². The number of halogens is 4. The topological polar surface area (TPSA) is 17.1 Å². The zero-order valence-corrected chi connectivity index (χ0v) is 12.4. The molecule has 0 saturated carbocycles. The average Bonchev–Trinajstić information content (AvgIpc) is 2.69. The van der Waals surface area contributed by atoms with Gasteiger partial charge in [0.25, 0.3) is 0 Å². The van der Waals surface area contributed by atoms with Crippen molar-refractivity contribution in [3.8, 4) is 0 Å². The summed E-state index contributed by atoms with van der Waals surface area (Å²) in [6.07, 6.45) is 0. The highest BCUT2D eigenvalue weighted by molar-refractivity contribution is 8.00. The first-order valence-electron chi connectivity index (χ1n) is 5.03. The van der Waals surface area contributed by atoms with Crippen LogP contribution >= 0.6 is 46.3 Å². The molecular formula is C12H6Cl2F2OS2. The molecule has 0 spiro atoms. The molecule has 1 nitrogen and oxygen atoms in total. The van der Waals surface area contributed by atoms with Gasteiger partial charge in [0.15, 0.2) is 5.78 Å². The van der Waals surface area contributed by atoms with Gasteiger partial charge in [-0.15, -0.1) is 23.1 Å². The van der Waals surface area contributed by atoms with Crippen LogP contribution in [0.4, 0.5) is 8.78 Å². The molecule has 2 aromatic rings. The zero-order chi connectivity index (χ0) is 14.0. The van der Waals surface area contributed by atoms with E-state index in [2.05, 4.69) is 0 Å². The van der Waals surface area contributed by atoms with E-state index in [0.717, 1.165) is 41.3 Å². The van der Waals surface area contributed by atoms with Crippen LogP contribution in [0.15, 0.2) is 29.2 Å². The van der Waals surface area contributed by atoms with E-state index in [1.54, 1.807) is 0 Å². The summed E-state index contributed by atoms with van der Waals surface area (Å²) in [5, 5.41) is 0. The Kier molecular flexibility index (Phi) is 4.84. The molecule has 0 aliphatic rings. The van der Waals surface area contributed by atoms with Crippen LogP contribution in [-0.4, -0.2) is 11.5 Å². The number of hydrogen-bond acceptors (Lipinski definition) is 3. The number of benzene rings is 1. The Hall–Kier alpha value is -0.620. The first-order chi connectivity index (χ1) is 8.97. The zero-order valence-electron chi connectivity index (χ0n) is 9.25. The number of rotatable bonds is 4. The maximum absolute atomic E-state index is 13.4. The van der Waals surface area contributed by atoms with Crippen molar-refractivity contribution < 1.29 is 13.6 Å². The molecule has 0 amide bonds. The lowest BCUT2D eigenvalue weighted by Crippen LogP contribution is -2.01. The molecule has 19 heavy (non-hydrogen) atoms. The molecule has 0 bridgehead atoms. The molecule has 1 aromatic carbocycles. The summed E-state index contributed by atoms with van der Waals surface area (Å²) < 4.78 is 27.0. The largest absolute Gasteiger partial charge is 0.293 e. The summed E-state index contributed by atoms with van der Waals surface area (Å²) in [6, 6.07) is 4.57. The normalized spacial score (nSPS) is 10.7. The molecule has 0 N–H and O–H groups in total. The van der Waals surface area contributed by atoms with Crippen LogP contribution in [0.5, 0.6) is 0 Å². The fourth-order valence-electron chi connectivity index (χ4n) is 1.34. The van der Waals surface area contributed by atoms with Crippen LogP contribution in [0.25, 0.3) is 0 Å². The van der Waals surface area contributed by atoms with E-state index in [1.807, 2.05) is 0 Å². The third-order valence-electron chi connectivity index (χ3n) is 2.21. The summed E-state index contributed by atoms with van der Waals surface area (Å²) >= 11 is 13.6. The van der Waals surface area contributed by atoms with E-state index in [1.165, 1.54) is 6.07 Å². The number of carbonyl (C=O) groups excluding carboxylic acids is 1. The molecule has 0 saturated heterocycles. The predicted molar refractivity (Wildman–Crippen MR) is 75.8 cm³/mol. The third kappa shape index (κ3) is 3.69. The van der Waals surface area contributed by atoms with Gasteiger partial charge < -0.3 is 0 Å². The number of thioether (sulfide) groups is 1. The Morgan fingerprint density at radius 1 is 1.26 bits per heavy atom. The Labute approximate surface area is 126 Å². The van der Waals surface area contributed by atoms with Crippen LogP contribution in [-0.2, 0) is 0 Å². The van der Waals surface area contributed by atoms with Gasteiger partial charge in [-0.3, -0.25) is 4.79 Å². The van der Waals surface area contributed by atoms with Crippen molar-refractivity contribution in [2.45, 2.75) is 4.90 Å². The van der Waals surface area contributed by atoms with Gasteiger partial charge in [-0.1, -0.05) is 23.2 Å². The van der Waals surface area contributed by atoms with Gasteiger partial charge in [-0.25, -0.2) is 8.78 Å². The van der Waals surface area contributed by atoms with E-state index < -0.39 is 11.6 Å². The second-order valence-corrected chi connectivity index (χ2v) is 6.83. The maximum Gasteiger partial charge on any atom is 0.175 e. The summed E-state index contributed by atoms with van der Waals surface area (Å²) in [5.74, 6) is -1.42. The monoisotopic (exact) mass is 338 g/mol. The van der Waals surface area contributed by atoms with E-state index in [0.29, 0.717) is 14.2 Å². The smallest absolute Gasteiger partial charge is 0.175 e. The molecule has 1 aromatic heterocycles. The van der Waals surface area contributed by atoms with Crippen molar-refractivity contribution in [2.75, 3.05) is 5.75 Å². The molecule has 0 unspecified atom stereocenters. The first-order valence-corrected chi connectivity index (χ1v) is 7.59. The number of carbonyl (C=O) groups is 1. The van der Waals surface area contributed by atoms with Crippen molar-refractivity contribution in [1.29, 1.82) is 0 Å². The highest BCUT2D eigenvalue weighted by Gasteiger charge is 2.15. The summed E-state index contributed by atoms with van der Waals surface area (Å²) in [5.41, 5.74) is 0.306. The van der Waals surface area contributed by atoms with E-state index >= 15 is 0 Å². The number of thiophene rings is 1. The van der Waals surface area contributed by atoms with Gasteiger partial charge in [-0.2, -0.15) is 0 Å². The fourth-order valence-corrected chi connectivity index (χ4v) is 3.68. The van der Waals surface area contributed by atoms with E-state index in [-0.39, 0.29) is 16.4 Å². The fraction of sp³-hybridized carbons (Fsp3) is 0.0833. The number of hydrogen-bond donors (Lipinski definition) is 0. The minimum Gasteiger partial charge on any atom is -0.293 e. The Morgan fingerprint density at radius 2 is 2.00 bits per heavy atom. The minimum absolute atomic E-state index is 0.0346. The standard InChI is InChI=1S/C12H6Cl2F2OS2/c13-11-4-7(12(14)19-11)9(17)5-18-10-3-6(15)1-2-8(10)16/h1-4H,5H2. The molecule has 0 aliphatic heterocycles. The minimum atomic E-state index is -0.561. The van der Waals surface area contributed by atoms with Crippen molar-refractivity contribution in [3.63, 3.8) is 0 Å².